The normalized spacial score (nSPS) is 12.9. The molecular weight excluding hydrogens is 372 g/mol. The molecule has 0 spiro atoms. The average Bonchev–Trinajstić information content (AvgIpc) is 2.71. The number of carbonyl (C=O) groups excluding carboxylic acids is 2. The summed E-state index contributed by atoms with van der Waals surface area (Å²) in [6.07, 6.45) is 1.73. The highest BCUT2D eigenvalue weighted by molar-refractivity contribution is 5.88. The van der Waals surface area contributed by atoms with Gasteiger partial charge >= 0.3 is 0 Å². The molecule has 2 amide bonds. The van der Waals surface area contributed by atoms with Crippen LogP contribution in [0.25, 0.3) is 0 Å². The molecule has 2 aromatic carbocycles. The second kappa shape index (κ2) is 11.0. The zero-order valence-corrected chi connectivity index (χ0v) is 19.3. The summed E-state index contributed by atoms with van der Waals surface area (Å²) in [4.78, 5) is 28.2. The van der Waals surface area contributed by atoms with Crippen molar-refractivity contribution in [2.45, 2.75) is 79.4 Å². The third-order valence-corrected chi connectivity index (χ3v) is 5.71. The van der Waals surface area contributed by atoms with Crippen molar-refractivity contribution in [3.8, 4) is 0 Å². The maximum Gasteiger partial charge on any atom is 0.243 e. The van der Waals surface area contributed by atoms with Crippen molar-refractivity contribution in [3.63, 3.8) is 0 Å². The molecule has 30 heavy (non-hydrogen) atoms. The number of hydrogen-bond donors (Lipinski definition) is 1. The van der Waals surface area contributed by atoms with Crippen LogP contribution in [-0.2, 0) is 22.6 Å². The molecule has 0 bridgehead atoms. The first-order chi connectivity index (χ1) is 14.2. The van der Waals surface area contributed by atoms with Crippen LogP contribution in [-0.4, -0.2) is 28.8 Å². The molecule has 0 saturated carbocycles. The average molecular weight is 409 g/mol. The summed E-state index contributed by atoms with van der Waals surface area (Å²) < 4.78 is 0. The van der Waals surface area contributed by atoms with Gasteiger partial charge in [0.05, 0.1) is 6.42 Å². The number of nitrogens with one attached hydrogen (secondary N) is 1. The fraction of sp³-hybridized carbons (Fsp3) is 0.462. The van der Waals surface area contributed by atoms with Crippen LogP contribution >= 0.6 is 0 Å². The second-order valence-corrected chi connectivity index (χ2v) is 8.36. The van der Waals surface area contributed by atoms with E-state index in [0.29, 0.717) is 19.4 Å². The highest BCUT2D eigenvalue weighted by atomic mass is 16.2. The minimum absolute atomic E-state index is 0.0181. The molecule has 0 fully saturated rings. The van der Waals surface area contributed by atoms with Gasteiger partial charge in [0.15, 0.2) is 0 Å². The van der Waals surface area contributed by atoms with Gasteiger partial charge in [0.2, 0.25) is 11.8 Å². The zero-order chi connectivity index (χ0) is 22.3. The van der Waals surface area contributed by atoms with Gasteiger partial charge in [0.25, 0.3) is 0 Å². The molecule has 0 aliphatic rings. The third-order valence-electron chi connectivity index (χ3n) is 5.71. The van der Waals surface area contributed by atoms with Gasteiger partial charge in [-0.1, -0.05) is 67.4 Å². The van der Waals surface area contributed by atoms with Crippen LogP contribution in [0, 0.1) is 20.8 Å². The molecule has 1 N–H and O–H groups in total. The monoisotopic (exact) mass is 408 g/mol. The van der Waals surface area contributed by atoms with Crippen LogP contribution in [0.4, 0.5) is 0 Å². The number of nitrogens with zero attached hydrogens (tertiary/aromatic N) is 1. The lowest BCUT2D eigenvalue weighted by atomic mass is 10.0. The molecule has 0 aliphatic carbocycles. The molecule has 2 atom stereocenters. The molecule has 0 aliphatic heterocycles. The Bertz CT molecular complexity index is 858. The molecule has 4 heteroatoms. The van der Waals surface area contributed by atoms with E-state index in [4.69, 9.17) is 0 Å². The molecule has 0 heterocycles. The third kappa shape index (κ3) is 6.45. The van der Waals surface area contributed by atoms with E-state index in [0.717, 1.165) is 28.7 Å². The Labute approximate surface area is 181 Å². The van der Waals surface area contributed by atoms with Gasteiger partial charge in [-0.05, 0) is 57.2 Å². The van der Waals surface area contributed by atoms with E-state index in [9.17, 15) is 9.59 Å². The Morgan fingerprint density at radius 3 is 2.17 bits per heavy atom. The lowest BCUT2D eigenvalue weighted by molar-refractivity contribution is -0.141. The molecule has 0 radical (unpaired) electrons. The molecule has 2 rings (SSSR count). The Morgan fingerprint density at radius 2 is 1.57 bits per heavy atom. The Kier molecular flexibility index (Phi) is 8.64. The quantitative estimate of drug-likeness (QED) is 0.643. The Balaban J connectivity index is 2.32. The number of aryl methyl sites for hydroxylation is 3. The summed E-state index contributed by atoms with van der Waals surface area (Å²) >= 11 is 0. The lowest BCUT2D eigenvalue weighted by Gasteiger charge is -2.32. The lowest BCUT2D eigenvalue weighted by Crippen LogP contribution is -2.51. The van der Waals surface area contributed by atoms with Crippen LogP contribution in [0.1, 0.15) is 61.4 Å². The predicted molar refractivity (Wildman–Crippen MR) is 123 cm³/mol. The molecule has 4 nitrogen and oxygen atoms in total. The van der Waals surface area contributed by atoms with Crippen molar-refractivity contribution < 1.29 is 9.59 Å². The number of hydrogen-bond acceptors (Lipinski definition) is 2. The molecule has 0 aromatic heterocycles. The number of rotatable bonds is 9. The fourth-order valence-electron chi connectivity index (χ4n) is 3.51. The standard InChI is InChI=1S/C26H36N2O2/c1-7-21(6)27-26(30)24(8-2)28(17-22-13-10-18(3)11-14-22)25(29)16-23-15-19(4)9-12-20(23)5/h9-15,21,24H,7-8,16-17H2,1-6H3,(H,27,30)/t21-,24-/m1/s1. The van der Waals surface area contributed by atoms with Crippen LogP contribution < -0.4 is 5.32 Å². The summed E-state index contributed by atoms with van der Waals surface area (Å²) in [5.74, 6) is -0.0938. The van der Waals surface area contributed by atoms with E-state index in [2.05, 4.69) is 23.5 Å². The topological polar surface area (TPSA) is 49.4 Å². The SMILES string of the molecule is CC[C@@H](C)NC(=O)[C@@H](CC)N(Cc1ccc(C)cc1)C(=O)Cc1cc(C)ccc1C. The molecule has 162 valence electrons. The summed E-state index contributed by atoms with van der Waals surface area (Å²) in [6.45, 7) is 12.5. The summed E-state index contributed by atoms with van der Waals surface area (Å²) in [7, 11) is 0. The van der Waals surface area contributed by atoms with Crippen molar-refractivity contribution in [1.29, 1.82) is 0 Å². The van der Waals surface area contributed by atoms with Gasteiger partial charge in [-0.25, -0.2) is 0 Å². The van der Waals surface area contributed by atoms with Crippen molar-refractivity contribution >= 4 is 11.8 Å². The van der Waals surface area contributed by atoms with Crippen molar-refractivity contribution in [2.75, 3.05) is 0 Å². The zero-order valence-electron chi connectivity index (χ0n) is 19.3. The fourth-order valence-corrected chi connectivity index (χ4v) is 3.51. The largest absolute Gasteiger partial charge is 0.352 e. The summed E-state index contributed by atoms with van der Waals surface area (Å²) in [5.41, 5.74) is 5.46. The molecule has 0 saturated heterocycles. The van der Waals surface area contributed by atoms with Gasteiger partial charge in [-0.15, -0.1) is 0 Å². The first-order valence-corrected chi connectivity index (χ1v) is 11.0. The van der Waals surface area contributed by atoms with Crippen LogP contribution in [0.5, 0.6) is 0 Å². The number of benzene rings is 2. The number of carbonyl (C=O) groups is 2. The van der Waals surface area contributed by atoms with Gasteiger partial charge in [0, 0.05) is 12.6 Å². The molecule has 0 unspecified atom stereocenters. The van der Waals surface area contributed by atoms with Gasteiger partial charge in [-0.3, -0.25) is 9.59 Å². The molecular formula is C26H36N2O2. The van der Waals surface area contributed by atoms with E-state index in [1.165, 1.54) is 5.56 Å². The maximum absolute atomic E-state index is 13.5. The Morgan fingerprint density at radius 1 is 0.933 bits per heavy atom. The van der Waals surface area contributed by atoms with E-state index < -0.39 is 6.04 Å². The second-order valence-electron chi connectivity index (χ2n) is 8.36. The Hall–Kier alpha value is -2.62. The maximum atomic E-state index is 13.5. The minimum Gasteiger partial charge on any atom is -0.352 e. The first kappa shape index (κ1) is 23.7. The van der Waals surface area contributed by atoms with Crippen molar-refractivity contribution in [3.05, 3.63) is 70.3 Å². The van der Waals surface area contributed by atoms with Crippen LogP contribution in [0.15, 0.2) is 42.5 Å². The summed E-state index contributed by atoms with van der Waals surface area (Å²) in [5, 5.41) is 3.06. The van der Waals surface area contributed by atoms with E-state index in [1.54, 1.807) is 4.90 Å². The van der Waals surface area contributed by atoms with E-state index in [1.807, 2.05) is 65.8 Å². The van der Waals surface area contributed by atoms with Crippen LogP contribution in [0.3, 0.4) is 0 Å². The van der Waals surface area contributed by atoms with Crippen LogP contribution in [0.2, 0.25) is 0 Å². The summed E-state index contributed by atoms with van der Waals surface area (Å²) in [6, 6.07) is 13.9. The van der Waals surface area contributed by atoms with Gasteiger partial charge in [-0.2, -0.15) is 0 Å². The highest BCUT2D eigenvalue weighted by Crippen LogP contribution is 2.18. The molecule has 2 aromatic rings. The smallest absolute Gasteiger partial charge is 0.243 e. The number of amides is 2. The van der Waals surface area contributed by atoms with Gasteiger partial charge in [0.1, 0.15) is 6.04 Å². The highest BCUT2D eigenvalue weighted by Gasteiger charge is 2.29. The van der Waals surface area contributed by atoms with Crippen molar-refractivity contribution in [1.82, 2.24) is 10.2 Å². The van der Waals surface area contributed by atoms with Gasteiger partial charge < -0.3 is 10.2 Å². The predicted octanol–water partition coefficient (Wildman–Crippen LogP) is 4.88. The van der Waals surface area contributed by atoms with Crippen molar-refractivity contribution in [2.24, 2.45) is 0 Å². The van der Waals surface area contributed by atoms with E-state index in [-0.39, 0.29) is 17.9 Å². The first-order valence-electron chi connectivity index (χ1n) is 11.0. The van der Waals surface area contributed by atoms with E-state index >= 15 is 0 Å². The minimum atomic E-state index is -0.488.